The number of benzene rings is 1. The van der Waals surface area contributed by atoms with Gasteiger partial charge < -0.3 is 19.1 Å². The quantitative estimate of drug-likeness (QED) is 0.780. The highest BCUT2D eigenvalue weighted by molar-refractivity contribution is 5.94. The van der Waals surface area contributed by atoms with Gasteiger partial charge in [0.05, 0.1) is 7.11 Å². The highest BCUT2D eigenvalue weighted by Crippen LogP contribution is 2.27. The first-order valence-corrected chi connectivity index (χ1v) is 9.28. The third-order valence-corrected chi connectivity index (χ3v) is 5.01. The first kappa shape index (κ1) is 19.4. The van der Waals surface area contributed by atoms with Crippen molar-refractivity contribution in [2.75, 3.05) is 40.8 Å². The molecule has 1 atom stereocenters. The molecule has 1 saturated heterocycles. The number of nitrogens with zero attached hydrogens (tertiary/aromatic N) is 4. The first-order chi connectivity index (χ1) is 13.0. The van der Waals surface area contributed by atoms with Gasteiger partial charge >= 0.3 is 0 Å². The predicted molar refractivity (Wildman–Crippen MR) is 102 cm³/mol. The topological polar surface area (TPSA) is 50.6 Å². The van der Waals surface area contributed by atoms with Crippen LogP contribution in [0, 0.1) is 5.82 Å². The Morgan fingerprint density at radius 2 is 2.22 bits per heavy atom. The van der Waals surface area contributed by atoms with Gasteiger partial charge in [-0.1, -0.05) is 0 Å². The largest absolute Gasteiger partial charge is 0.494 e. The first-order valence-electron chi connectivity index (χ1n) is 9.28. The monoisotopic (exact) mass is 374 g/mol. The van der Waals surface area contributed by atoms with E-state index in [1.807, 2.05) is 26.5 Å². The molecule has 0 unspecified atom stereocenters. The van der Waals surface area contributed by atoms with Crippen molar-refractivity contribution in [2.24, 2.45) is 0 Å². The number of carbonyl (C=O) groups excluding carboxylic acids is 1. The van der Waals surface area contributed by atoms with Gasteiger partial charge in [-0.25, -0.2) is 9.37 Å². The molecular formula is C20H27FN4O2. The molecule has 3 rings (SSSR count). The standard InChI is InChI=1S/C20H27FN4O2/c1-23(2)11-12-24-10-8-22-19(24)16-5-4-9-25(14-16)20(26)15-6-7-18(27-3)17(21)13-15/h6-8,10,13,16H,4-5,9,11-12,14H2,1-3H3/t16-/m1/s1. The Labute approximate surface area is 159 Å². The van der Waals surface area contributed by atoms with Crippen LogP contribution in [-0.2, 0) is 6.54 Å². The number of aromatic nitrogens is 2. The van der Waals surface area contributed by atoms with Crippen LogP contribution in [0.1, 0.15) is 34.9 Å². The fraction of sp³-hybridized carbons (Fsp3) is 0.500. The fourth-order valence-electron chi connectivity index (χ4n) is 3.53. The van der Waals surface area contributed by atoms with E-state index in [1.165, 1.54) is 19.2 Å². The van der Waals surface area contributed by atoms with E-state index in [0.29, 0.717) is 18.7 Å². The summed E-state index contributed by atoms with van der Waals surface area (Å²) >= 11 is 0. The predicted octanol–water partition coefficient (Wildman–Crippen LogP) is 2.61. The van der Waals surface area contributed by atoms with Gasteiger partial charge in [-0.2, -0.15) is 0 Å². The number of hydrogen-bond donors (Lipinski definition) is 0. The average molecular weight is 374 g/mol. The van der Waals surface area contributed by atoms with Crippen molar-refractivity contribution in [1.29, 1.82) is 0 Å². The van der Waals surface area contributed by atoms with E-state index in [1.54, 1.807) is 11.0 Å². The van der Waals surface area contributed by atoms with Gasteiger partial charge in [-0.3, -0.25) is 4.79 Å². The maximum absolute atomic E-state index is 14.0. The van der Waals surface area contributed by atoms with Crippen LogP contribution in [0.25, 0.3) is 0 Å². The van der Waals surface area contributed by atoms with Crippen molar-refractivity contribution in [3.8, 4) is 5.75 Å². The number of imidazole rings is 1. The second-order valence-corrected chi connectivity index (χ2v) is 7.22. The number of halogens is 1. The molecule has 1 amide bonds. The molecule has 2 heterocycles. The molecule has 1 aromatic heterocycles. The summed E-state index contributed by atoms with van der Waals surface area (Å²) in [6.07, 6.45) is 5.73. The van der Waals surface area contributed by atoms with Crippen molar-refractivity contribution in [3.63, 3.8) is 0 Å². The number of hydrogen-bond acceptors (Lipinski definition) is 4. The van der Waals surface area contributed by atoms with Gasteiger partial charge in [0, 0.05) is 50.1 Å². The Balaban J connectivity index is 1.72. The van der Waals surface area contributed by atoms with E-state index in [-0.39, 0.29) is 17.6 Å². The summed E-state index contributed by atoms with van der Waals surface area (Å²) < 4.78 is 21.1. The van der Waals surface area contributed by atoms with Gasteiger partial charge in [0.2, 0.25) is 0 Å². The fourth-order valence-corrected chi connectivity index (χ4v) is 3.53. The number of piperidine rings is 1. The van der Waals surface area contributed by atoms with Crippen LogP contribution in [0.4, 0.5) is 4.39 Å². The van der Waals surface area contributed by atoms with E-state index in [4.69, 9.17) is 4.74 Å². The molecule has 146 valence electrons. The summed E-state index contributed by atoms with van der Waals surface area (Å²) in [5.41, 5.74) is 0.352. The van der Waals surface area contributed by atoms with Crippen LogP contribution < -0.4 is 4.74 Å². The van der Waals surface area contributed by atoms with Crippen molar-refractivity contribution in [3.05, 3.63) is 47.8 Å². The van der Waals surface area contributed by atoms with E-state index in [2.05, 4.69) is 14.5 Å². The number of methoxy groups -OCH3 is 1. The molecule has 0 aliphatic carbocycles. The number of carbonyl (C=O) groups is 1. The lowest BCUT2D eigenvalue weighted by Crippen LogP contribution is -2.40. The molecular weight excluding hydrogens is 347 g/mol. The Morgan fingerprint density at radius 3 is 2.93 bits per heavy atom. The number of ether oxygens (including phenoxy) is 1. The van der Waals surface area contributed by atoms with Gasteiger partial charge in [0.1, 0.15) is 5.82 Å². The third-order valence-electron chi connectivity index (χ3n) is 5.01. The summed E-state index contributed by atoms with van der Waals surface area (Å²) in [5, 5.41) is 0. The molecule has 7 heteroatoms. The molecule has 1 aliphatic rings. The summed E-state index contributed by atoms with van der Waals surface area (Å²) in [6, 6.07) is 4.37. The van der Waals surface area contributed by atoms with Crippen molar-refractivity contribution in [1.82, 2.24) is 19.4 Å². The zero-order valence-corrected chi connectivity index (χ0v) is 16.2. The van der Waals surface area contributed by atoms with E-state index < -0.39 is 5.82 Å². The molecule has 0 spiro atoms. The Bertz CT molecular complexity index is 790. The lowest BCUT2D eigenvalue weighted by Gasteiger charge is -2.33. The SMILES string of the molecule is COc1ccc(C(=O)N2CCC[C@@H](c3nccn3CCN(C)C)C2)cc1F. The molecule has 0 radical (unpaired) electrons. The minimum atomic E-state index is -0.517. The molecule has 0 N–H and O–H groups in total. The summed E-state index contributed by atoms with van der Waals surface area (Å²) in [7, 11) is 5.50. The van der Waals surface area contributed by atoms with E-state index >= 15 is 0 Å². The Kier molecular flexibility index (Phi) is 6.11. The maximum Gasteiger partial charge on any atom is 0.253 e. The molecule has 1 fully saturated rings. The highest BCUT2D eigenvalue weighted by Gasteiger charge is 2.28. The Hall–Kier alpha value is -2.41. The maximum atomic E-state index is 14.0. The van der Waals surface area contributed by atoms with Gasteiger partial charge in [0.15, 0.2) is 11.6 Å². The second-order valence-electron chi connectivity index (χ2n) is 7.22. The van der Waals surface area contributed by atoms with Crippen LogP contribution in [0.5, 0.6) is 5.75 Å². The lowest BCUT2D eigenvalue weighted by molar-refractivity contribution is 0.0702. The van der Waals surface area contributed by atoms with Crippen LogP contribution in [-0.4, -0.2) is 66.1 Å². The van der Waals surface area contributed by atoms with Gasteiger partial charge in [-0.15, -0.1) is 0 Å². The molecule has 1 aromatic carbocycles. The van der Waals surface area contributed by atoms with Crippen LogP contribution in [0.15, 0.2) is 30.6 Å². The van der Waals surface area contributed by atoms with Crippen LogP contribution in [0.3, 0.4) is 0 Å². The smallest absolute Gasteiger partial charge is 0.253 e. The lowest BCUT2D eigenvalue weighted by atomic mass is 9.96. The average Bonchev–Trinajstić information content (AvgIpc) is 3.14. The Morgan fingerprint density at radius 1 is 1.41 bits per heavy atom. The number of likely N-dealkylation sites (tertiary alicyclic amines) is 1. The third kappa shape index (κ3) is 4.47. The molecule has 0 saturated carbocycles. The minimum absolute atomic E-state index is 0.144. The highest BCUT2D eigenvalue weighted by atomic mass is 19.1. The summed E-state index contributed by atoms with van der Waals surface area (Å²) in [6.45, 7) is 3.09. The minimum Gasteiger partial charge on any atom is -0.494 e. The number of likely N-dealkylation sites (N-methyl/N-ethyl adjacent to an activating group) is 1. The molecule has 1 aliphatic heterocycles. The number of amides is 1. The molecule has 0 bridgehead atoms. The molecule has 27 heavy (non-hydrogen) atoms. The zero-order valence-electron chi connectivity index (χ0n) is 16.2. The van der Waals surface area contributed by atoms with Gasteiger partial charge in [0.25, 0.3) is 5.91 Å². The molecule has 6 nitrogen and oxygen atoms in total. The normalized spacial score (nSPS) is 17.4. The van der Waals surface area contributed by atoms with Crippen LogP contribution in [0.2, 0.25) is 0 Å². The van der Waals surface area contributed by atoms with Crippen molar-refractivity contribution < 1.29 is 13.9 Å². The van der Waals surface area contributed by atoms with E-state index in [9.17, 15) is 9.18 Å². The summed E-state index contributed by atoms with van der Waals surface area (Å²) in [5.74, 6) is 0.702. The van der Waals surface area contributed by atoms with Crippen LogP contribution >= 0.6 is 0 Å². The van der Waals surface area contributed by atoms with Crippen molar-refractivity contribution in [2.45, 2.75) is 25.3 Å². The number of rotatable bonds is 6. The molecule has 2 aromatic rings. The second kappa shape index (κ2) is 8.52. The van der Waals surface area contributed by atoms with Gasteiger partial charge in [-0.05, 0) is 45.1 Å². The summed E-state index contributed by atoms with van der Waals surface area (Å²) in [4.78, 5) is 21.3. The van der Waals surface area contributed by atoms with Crippen molar-refractivity contribution >= 4 is 5.91 Å². The zero-order chi connectivity index (χ0) is 19.4. The van der Waals surface area contributed by atoms with E-state index in [0.717, 1.165) is 31.8 Å².